The van der Waals surface area contributed by atoms with Gasteiger partial charge in [0.15, 0.2) is 0 Å². The molecule has 0 aromatic heterocycles. The number of fused-ring (bicyclic) bond motifs is 5. The smallest absolute Gasteiger partial charge is 0.0635 e. The van der Waals surface area contributed by atoms with Crippen molar-refractivity contribution >= 4 is 0 Å². The van der Waals surface area contributed by atoms with Gasteiger partial charge < -0.3 is 4.74 Å². The maximum absolute atomic E-state index is 6.70. The summed E-state index contributed by atoms with van der Waals surface area (Å²) in [6.07, 6.45) is 11.9. The Labute approximate surface area is 157 Å². The summed E-state index contributed by atoms with van der Waals surface area (Å²) in [5, 5.41) is 0. The third-order valence-corrected chi connectivity index (χ3v) is 7.69. The molecule has 144 valence electrons. The Kier molecular flexibility index (Phi) is 4.98. The van der Waals surface area contributed by atoms with Gasteiger partial charge in [0.2, 0.25) is 0 Å². The molecule has 3 aliphatic rings. The summed E-state index contributed by atoms with van der Waals surface area (Å²) in [6.45, 7) is 18.9. The van der Waals surface area contributed by atoms with E-state index in [2.05, 4.69) is 67.5 Å². The molecule has 1 nitrogen and oxygen atoms in total. The summed E-state index contributed by atoms with van der Waals surface area (Å²) >= 11 is 0. The maximum Gasteiger partial charge on any atom is 0.0635 e. The molecule has 6 atom stereocenters. The van der Waals surface area contributed by atoms with Crippen molar-refractivity contribution in [2.75, 3.05) is 0 Å². The highest BCUT2D eigenvalue weighted by atomic mass is 16.5. The minimum absolute atomic E-state index is 0.0514. The number of rotatable bonds is 6. The summed E-state index contributed by atoms with van der Waals surface area (Å²) in [4.78, 5) is 0. The van der Waals surface area contributed by atoms with Gasteiger partial charge in [0, 0.05) is 0 Å². The topological polar surface area (TPSA) is 9.23 Å². The Hall–Kier alpha value is -0.300. The van der Waals surface area contributed by atoms with Gasteiger partial charge in [0.05, 0.1) is 11.7 Å². The van der Waals surface area contributed by atoms with E-state index in [0.717, 1.165) is 36.0 Å². The van der Waals surface area contributed by atoms with E-state index in [-0.39, 0.29) is 11.0 Å². The Morgan fingerprint density at radius 1 is 1.00 bits per heavy atom. The van der Waals surface area contributed by atoms with Gasteiger partial charge in [-0.25, -0.2) is 0 Å². The molecular weight excluding hydrogens is 304 g/mol. The minimum atomic E-state index is -0.0514. The third-order valence-electron chi connectivity index (χ3n) is 7.69. The predicted octanol–water partition coefficient (Wildman–Crippen LogP) is 6.87. The number of allylic oxidation sites excluding steroid dienone is 2. The van der Waals surface area contributed by atoms with Crippen LogP contribution in [-0.4, -0.2) is 11.7 Å². The largest absolute Gasteiger partial charge is 0.372 e. The molecule has 2 saturated carbocycles. The van der Waals surface area contributed by atoms with Crippen molar-refractivity contribution < 1.29 is 4.74 Å². The van der Waals surface area contributed by atoms with Gasteiger partial charge in [-0.3, -0.25) is 0 Å². The number of ether oxygens (including phenoxy) is 1. The van der Waals surface area contributed by atoms with E-state index in [0.29, 0.717) is 11.5 Å². The molecule has 3 rings (SSSR count). The minimum Gasteiger partial charge on any atom is -0.372 e. The molecule has 0 saturated heterocycles. The van der Waals surface area contributed by atoms with E-state index >= 15 is 0 Å². The highest BCUT2D eigenvalue weighted by Gasteiger charge is 2.56. The van der Waals surface area contributed by atoms with Crippen LogP contribution in [0.25, 0.3) is 0 Å². The van der Waals surface area contributed by atoms with Crippen LogP contribution in [0.3, 0.4) is 0 Å². The zero-order chi connectivity index (χ0) is 18.6. The lowest BCUT2D eigenvalue weighted by atomic mass is 9.62. The lowest BCUT2D eigenvalue weighted by Gasteiger charge is -2.46. The van der Waals surface area contributed by atoms with Crippen molar-refractivity contribution in [1.29, 1.82) is 0 Å². The molecule has 6 unspecified atom stereocenters. The van der Waals surface area contributed by atoms with Gasteiger partial charge in [-0.2, -0.15) is 0 Å². The quantitative estimate of drug-likeness (QED) is 0.477. The predicted molar refractivity (Wildman–Crippen MR) is 108 cm³/mol. The van der Waals surface area contributed by atoms with E-state index in [1.54, 1.807) is 0 Å². The maximum atomic E-state index is 6.70. The average Bonchev–Trinajstić information content (AvgIpc) is 3.13. The van der Waals surface area contributed by atoms with Gasteiger partial charge >= 0.3 is 0 Å². The first kappa shape index (κ1) is 19.5. The molecule has 0 spiro atoms. The van der Waals surface area contributed by atoms with E-state index in [9.17, 15) is 0 Å². The second-order valence-corrected chi connectivity index (χ2v) is 11.7. The van der Waals surface area contributed by atoms with Crippen molar-refractivity contribution in [3.8, 4) is 0 Å². The lowest BCUT2D eigenvalue weighted by molar-refractivity contribution is -0.137. The zero-order valence-electron chi connectivity index (χ0n) is 18.1. The lowest BCUT2D eigenvalue weighted by Crippen LogP contribution is -2.43. The summed E-state index contributed by atoms with van der Waals surface area (Å²) < 4.78 is 6.70. The molecule has 0 aromatic rings. The Balaban J connectivity index is 1.67. The fraction of sp³-hybridized carbons (Fsp3) is 0.917. The Morgan fingerprint density at radius 2 is 1.68 bits per heavy atom. The fourth-order valence-electron chi connectivity index (χ4n) is 6.97. The summed E-state index contributed by atoms with van der Waals surface area (Å²) in [6, 6.07) is 0. The van der Waals surface area contributed by atoms with Crippen molar-refractivity contribution in [2.24, 2.45) is 40.4 Å². The van der Waals surface area contributed by atoms with Crippen LogP contribution >= 0.6 is 0 Å². The van der Waals surface area contributed by atoms with Gasteiger partial charge in [0.25, 0.3) is 0 Å². The molecule has 25 heavy (non-hydrogen) atoms. The summed E-state index contributed by atoms with van der Waals surface area (Å²) in [7, 11) is 0. The Bertz CT molecular complexity index is 507. The normalized spacial score (nSPS) is 36.1. The Morgan fingerprint density at radius 3 is 2.28 bits per heavy atom. The number of hydrogen-bond acceptors (Lipinski definition) is 1. The van der Waals surface area contributed by atoms with Crippen LogP contribution in [0.5, 0.6) is 0 Å². The molecule has 0 aliphatic heterocycles. The standard InChI is InChI=1S/C24H42O/c1-9-21(22(2,3)4)25-24(7,8)15-23(5,6)20-14-16-13-19(20)18-12-10-11-17(16)18/h10,12,16-21H,9,11,13-15H2,1-8H3. The summed E-state index contributed by atoms with van der Waals surface area (Å²) in [5.41, 5.74) is 0.523. The van der Waals surface area contributed by atoms with Crippen LogP contribution in [0.2, 0.25) is 0 Å². The molecule has 2 fully saturated rings. The second kappa shape index (κ2) is 6.39. The average molecular weight is 347 g/mol. The van der Waals surface area contributed by atoms with Crippen LogP contribution in [0, 0.1) is 40.4 Å². The van der Waals surface area contributed by atoms with E-state index in [1.165, 1.54) is 25.7 Å². The zero-order valence-corrected chi connectivity index (χ0v) is 18.1. The van der Waals surface area contributed by atoms with Crippen molar-refractivity contribution in [3.05, 3.63) is 12.2 Å². The van der Waals surface area contributed by atoms with Crippen LogP contribution < -0.4 is 0 Å². The third kappa shape index (κ3) is 3.73. The monoisotopic (exact) mass is 346 g/mol. The SMILES string of the molecule is CCC(OC(C)(C)CC(C)(C)C1CC2CC1C1C=CCC21)C(C)(C)C. The van der Waals surface area contributed by atoms with E-state index < -0.39 is 0 Å². The van der Waals surface area contributed by atoms with Crippen LogP contribution in [0.1, 0.15) is 87.5 Å². The van der Waals surface area contributed by atoms with Gasteiger partial charge in [-0.15, -0.1) is 0 Å². The first-order valence-electron chi connectivity index (χ1n) is 10.8. The molecule has 0 N–H and O–H groups in total. The van der Waals surface area contributed by atoms with Crippen molar-refractivity contribution in [3.63, 3.8) is 0 Å². The molecular formula is C24H42O. The first-order chi connectivity index (χ1) is 11.4. The molecule has 2 bridgehead atoms. The highest BCUT2D eigenvalue weighted by Crippen LogP contribution is 2.63. The molecule has 1 heteroatoms. The molecule has 0 aromatic carbocycles. The second-order valence-electron chi connectivity index (χ2n) is 11.7. The molecule has 0 radical (unpaired) electrons. The number of hydrogen-bond donors (Lipinski definition) is 0. The molecule has 3 aliphatic carbocycles. The van der Waals surface area contributed by atoms with Crippen LogP contribution in [0.15, 0.2) is 12.2 Å². The van der Waals surface area contributed by atoms with Crippen molar-refractivity contribution in [2.45, 2.75) is 99.2 Å². The van der Waals surface area contributed by atoms with Crippen LogP contribution in [0.4, 0.5) is 0 Å². The van der Waals surface area contributed by atoms with Gasteiger partial charge in [-0.1, -0.05) is 53.7 Å². The first-order valence-corrected chi connectivity index (χ1v) is 10.8. The van der Waals surface area contributed by atoms with Crippen molar-refractivity contribution in [1.82, 2.24) is 0 Å². The highest BCUT2D eigenvalue weighted by molar-refractivity contribution is 5.15. The molecule has 0 amide bonds. The van der Waals surface area contributed by atoms with Gasteiger partial charge in [-0.05, 0) is 86.4 Å². The molecule has 0 heterocycles. The van der Waals surface area contributed by atoms with Gasteiger partial charge in [0.1, 0.15) is 0 Å². The van der Waals surface area contributed by atoms with E-state index in [1.807, 2.05) is 0 Å². The van der Waals surface area contributed by atoms with E-state index in [4.69, 9.17) is 4.74 Å². The fourth-order valence-corrected chi connectivity index (χ4v) is 6.97. The van der Waals surface area contributed by atoms with Crippen LogP contribution in [-0.2, 0) is 4.74 Å². The summed E-state index contributed by atoms with van der Waals surface area (Å²) in [5.74, 6) is 4.69.